The maximum absolute atomic E-state index is 11.6. The SMILES string of the molecule is CCCC(C)C(C)C(=O)NC(=O)C(C)C. The third kappa shape index (κ3) is 4.96. The Kier molecular flexibility index (Phi) is 6.21. The molecule has 0 bridgehead atoms. The first-order chi connectivity index (χ1) is 6.90. The van der Waals surface area contributed by atoms with Crippen molar-refractivity contribution in [3.8, 4) is 0 Å². The van der Waals surface area contributed by atoms with Gasteiger partial charge in [0.2, 0.25) is 11.8 Å². The first-order valence-electron chi connectivity index (χ1n) is 5.74. The lowest BCUT2D eigenvalue weighted by molar-refractivity contribution is -0.134. The Balaban J connectivity index is 4.15. The van der Waals surface area contributed by atoms with Gasteiger partial charge in [-0.15, -0.1) is 0 Å². The number of imide groups is 1. The van der Waals surface area contributed by atoms with E-state index in [2.05, 4.69) is 12.2 Å². The van der Waals surface area contributed by atoms with E-state index in [0.717, 1.165) is 12.8 Å². The van der Waals surface area contributed by atoms with E-state index in [0.29, 0.717) is 5.92 Å². The summed E-state index contributed by atoms with van der Waals surface area (Å²) in [6.07, 6.45) is 2.08. The van der Waals surface area contributed by atoms with Crippen LogP contribution < -0.4 is 5.32 Å². The Bertz CT molecular complexity index is 224. The van der Waals surface area contributed by atoms with Crippen molar-refractivity contribution in [1.82, 2.24) is 5.32 Å². The predicted molar refractivity (Wildman–Crippen MR) is 61.2 cm³/mol. The lowest BCUT2D eigenvalue weighted by atomic mass is 9.91. The number of hydrogen-bond donors (Lipinski definition) is 1. The fourth-order valence-corrected chi connectivity index (χ4v) is 1.34. The number of carbonyl (C=O) groups excluding carboxylic acids is 2. The normalized spacial score (nSPS) is 14.8. The Labute approximate surface area is 92.6 Å². The van der Waals surface area contributed by atoms with Crippen molar-refractivity contribution in [3.05, 3.63) is 0 Å². The molecule has 0 saturated carbocycles. The molecule has 0 aromatic rings. The van der Waals surface area contributed by atoms with Gasteiger partial charge in [0, 0.05) is 11.8 Å². The molecule has 0 radical (unpaired) electrons. The Morgan fingerprint density at radius 3 is 2.00 bits per heavy atom. The third-order valence-corrected chi connectivity index (χ3v) is 2.78. The molecule has 3 nitrogen and oxygen atoms in total. The summed E-state index contributed by atoms with van der Waals surface area (Å²) < 4.78 is 0. The van der Waals surface area contributed by atoms with Crippen molar-refractivity contribution in [2.45, 2.75) is 47.5 Å². The van der Waals surface area contributed by atoms with Gasteiger partial charge in [-0.3, -0.25) is 14.9 Å². The summed E-state index contributed by atoms with van der Waals surface area (Å²) in [5, 5.41) is 2.44. The fourth-order valence-electron chi connectivity index (χ4n) is 1.34. The first-order valence-corrected chi connectivity index (χ1v) is 5.74. The van der Waals surface area contributed by atoms with Crippen LogP contribution in [0.25, 0.3) is 0 Å². The van der Waals surface area contributed by atoms with Gasteiger partial charge in [-0.05, 0) is 5.92 Å². The fraction of sp³-hybridized carbons (Fsp3) is 0.833. The van der Waals surface area contributed by atoms with Crippen LogP contribution in [0, 0.1) is 17.8 Å². The molecule has 3 heteroatoms. The van der Waals surface area contributed by atoms with E-state index in [1.807, 2.05) is 13.8 Å². The molecule has 88 valence electrons. The number of amides is 2. The van der Waals surface area contributed by atoms with E-state index >= 15 is 0 Å². The third-order valence-electron chi connectivity index (χ3n) is 2.78. The summed E-state index contributed by atoms with van der Waals surface area (Å²) in [6.45, 7) is 9.59. The van der Waals surface area contributed by atoms with Crippen molar-refractivity contribution in [2.24, 2.45) is 17.8 Å². The van der Waals surface area contributed by atoms with E-state index in [4.69, 9.17) is 0 Å². The minimum Gasteiger partial charge on any atom is -0.296 e. The lowest BCUT2D eigenvalue weighted by Crippen LogP contribution is -2.39. The van der Waals surface area contributed by atoms with Crippen LogP contribution >= 0.6 is 0 Å². The molecule has 15 heavy (non-hydrogen) atoms. The van der Waals surface area contributed by atoms with E-state index in [1.54, 1.807) is 13.8 Å². The predicted octanol–water partition coefficient (Wildman–Crippen LogP) is 2.36. The van der Waals surface area contributed by atoms with Crippen molar-refractivity contribution < 1.29 is 9.59 Å². The molecule has 2 amide bonds. The van der Waals surface area contributed by atoms with Crippen LogP contribution in [0.15, 0.2) is 0 Å². The first kappa shape index (κ1) is 14.1. The molecule has 0 spiro atoms. The van der Waals surface area contributed by atoms with Gasteiger partial charge in [0.05, 0.1) is 0 Å². The highest BCUT2D eigenvalue weighted by molar-refractivity contribution is 5.96. The lowest BCUT2D eigenvalue weighted by Gasteiger charge is -2.18. The molecule has 0 saturated heterocycles. The van der Waals surface area contributed by atoms with E-state index in [-0.39, 0.29) is 23.7 Å². The van der Waals surface area contributed by atoms with Gasteiger partial charge < -0.3 is 0 Å². The van der Waals surface area contributed by atoms with Gasteiger partial charge in [-0.25, -0.2) is 0 Å². The highest BCUT2D eigenvalue weighted by Gasteiger charge is 2.21. The molecule has 1 N–H and O–H groups in total. The van der Waals surface area contributed by atoms with Crippen LogP contribution in [-0.4, -0.2) is 11.8 Å². The van der Waals surface area contributed by atoms with Crippen LogP contribution in [0.5, 0.6) is 0 Å². The number of nitrogens with one attached hydrogen (secondary N) is 1. The van der Waals surface area contributed by atoms with Crippen LogP contribution in [0.4, 0.5) is 0 Å². The van der Waals surface area contributed by atoms with Crippen molar-refractivity contribution >= 4 is 11.8 Å². The molecule has 2 unspecified atom stereocenters. The smallest absolute Gasteiger partial charge is 0.229 e. The molecule has 0 fully saturated rings. The molecule has 0 aromatic carbocycles. The van der Waals surface area contributed by atoms with Crippen LogP contribution in [-0.2, 0) is 9.59 Å². The molecule has 0 aliphatic rings. The van der Waals surface area contributed by atoms with Crippen LogP contribution in [0.3, 0.4) is 0 Å². The number of carbonyl (C=O) groups is 2. The number of rotatable bonds is 5. The molecule has 0 aliphatic carbocycles. The Hall–Kier alpha value is -0.860. The van der Waals surface area contributed by atoms with Gasteiger partial charge in [0.1, 0.15) is 0 Å². The number of hydrogen-bond acceptors (Lipinski definition) is 2. The average Bonchev–Trinajstić information content (AvgIpc) is 2.16. The zero-order chi connectivity index (χ0) is 12.0. The quantitative estimate of drug-likeness (QED) is 0.762. The maximum atomic E-state index is 11.6. The molecular weight excluding hydrogens is 190 g/mol. The molecular formula is C12H23NO2. The Morgan fingerprint density at radius 1 is 1.07 bits per heavy atom. The van der Waals surface area contributed by atoms with Crippen LogP contribution in [0.1, 0.15) is 47.5 Å². The highest BCUT2D eigenvalue weighted by atomic mass is 16.2. The maximum Gasteiger partial charge on any atom is 0.229 e. The second kappa shape index (κ2) is 6.59. The summed E-state index contributed by atoms with van der Waals surface area (Å²) in [4.78, 5) is 22.9. The van der Waals surface area contributed by atoms with Gasteiger partial charge in [0.15, 0.2) is 0 Å². The molecule has 0 heterocycles. The van der Waals surface area contributed by atoms with E-state index < -0.39 is 0 Å². The van der Waals surface area contributed by atoms with Crippen molar-refractivity contribution in [3.63, 3.8) is 0 Å². The summed E-state index contributed by atoms with van der Waals surface area (Å²) in [6, 6.07) is 0. The van der Waals surface area contributed by atoms with E-state index in [9.17, 15) is 9.59 Å². The Morgan fingerprint density at radius 2 is 1.60 bits per heavy atom. The summed E-state index contributed by atoms with van der Waals surface area (Å²) in [5.41, 5.74) is 0. The topological polar surface area (TPSA) is 46.2 Å². The van der Waals surface area contributed by atoms with Crippen LogP contribution in [0.2, 0.25) is 0 Å². The summed E-state index contributed by atoms with van der Waals surface area (Å²) in [7, 11) is 0. The van der Waals surface area contributed by atoms with E-state index in [1.165, 1.54) is 0 Å². The average molecular weight is 213 g/mol. The van der Waals surface area contributed by atoms with Crippen molar-refractivity contribution in [2.75, 3.05) is 0 Å². The zero-order valence-corrected chi connectivity index (χ0v) is 10.5. The monoisotopic (exact) mass is 213 g/mol. The minimum absolute atomic E-state index is 0.0901. The van der Waals surface area contributed by atoms with Gasteiger partial charge in [-0.2, -0.15) is 0 Å². The zero-order valence-electron chi connectivity index (χ0n) is 10.5. The largest absolute Gasteiger partial charge is 0.296 e. The minimum atomic E-state index is -0.185. The standard InChI is InChI=1S/C12H23NO2/c1-6-7-9(4)10(5)12(15)13-11(14)8(2)3/h8-10H,6-7H2,1-5H3,(H,13,14,15). The summed E-state index contributed by atoms with van der Waals surface area (Å²) in [5.74, 6) is -0.226. The van der Waals surface area contributed by atoms with Gasteiger partial charge in [-0.1, -0.05) is 47.5 Å². The molecule has 0 rings (SSSR count). The van der Waals surface area contributed by atoms with Gasteiger partial charge >= 0.3 is 0 Å². The second-order valence-electron chi connectivity index (χ2n) is 4.56. The summed E-state index contributed by atoms with van der Waals surface area (Å²) >= 11 is 0. The molecule has 2 atom stereocenters. The van der Waals surface area contributed by atoms with Crippen molar-refractivity contribution in [1.29, 1.82) is 0 Å². The molecule has 0 aliphatic heterocycles. The second-order valence-corrected chi connectivity index (χ2v) is 4.56. The van der Waals surface area contributed by atoms with Gasteiger partial charge in [0.25, 0.3) is 0 Å². The highest BCUT2D eigenvalue weighted by Crippen LogP contribution is 2.16. The molecule has 0 aromatic heterocycles.